The molecule has 2 fully saturated rings. The molecule has 1 spiro atoms. The van der Waals surface area contributed by atoms with E-state index in [0.717, 1.165) is 11.1 Å². The molecule has 4 rings (SSSR count). The van der Waals surface area contributed by atoms with Crippen molar-refractivity contribution >= 4 is 10.0 Å². The Labute approximate surface area is 159 Å². The maximum Gasteiger partial charge on any atom is 0.211 e. The second kappa shape index (κ2) is 6.67. The fourth-order valence-electron chi connectivity index (χ4n) is 4.60. The van der Waals surface area contributed by atoms with Gasteiger partial charge in [-0.15, -0.1) is 0 Å². The van der Waals surface area contributed by atoms with Crippen LogP contribution in [-0.2, 0) is 16.6 Å². The molecule has 1 N–H and O–H groups in total. The van der Waals surface area contributed by atoms with E-state index >= 15 is 0 Å². The Kier molecular flexibility index (Phi) is 4.58. The molecule has 2 aliphatic rings. The minimum Gasteiger partial charge on any atom is -0.395 e. The van der Waals surface area contributed by atoms with Crippen molar-refractivity contribution in [3.05, 3.63) is 71.5 Å². The Bertz CT molecular complexity index is 912. The number of nitrogens with zero attached hydrogens (tertiary/aromatic N) is 2. The van der Waals surface area contributed by atoms with Gasteiger partial charge in [0.05, 0.1) is 18.4 Å². The summed E-state index contributed by atoms with van der Waals surface area (Å²) in [6.45, 7) is 1.35. The van der Waals surface area contributed by atoms with E-state index in [4.69, 9.17) is 0 Å². The van der Waals surface area contributed by atoms with E-state index in [1.54, 1.807) is 12.1 Å². The smallest absolute Gasteiger partial charge is 0.211 e. The summed E-state index contributed by atoms with van der Waals surface area (Å²) in [6.07, 6.45) is 1.23. The molecule has 144 valence electrons. The molecule has 2 aromatic carbocycles. The van der Waals surface area contributed by atoms with Gasteiger partial charge in [-0.25, -0.2) is 12.8 Å². The second-order valence-electron chi connectivity index (χ2n) is 7.53. The highest BCUT2D eigenvalue weighted by Crippen LogP contribution is 2.54. The van der Waals surface area contributed by atoms with Crippen LogP contribution in [0.4, 0.5) is 4.39 Å². The first-order valence-electron chi connectivity index (χ1n) is 8.97. The third kappa shape index (κ3) is 3.08. The van der Waals surface area contributed by atoms with E-state index in [9.17, 15) is 17.9 Å². The minimum absolute atomic E-state index is 0.0125. The van der Waals surface area contributed by atoms with Gasteiger partial charge in [0.15, 0.2) is 0 Å². The van der Waals surface area contributed by atoms with Crippen molar-refractivity contribution in [3.63, 3.8) is 0 Å². The summed E-state index contributed by atoms with van der Waals surface area (Å²) in [7, 11) is -3.25. The van der Waals surface area contributed by atoms with E-state index in [1.165, 1.54) is 22.7 Å². The van der Waals surface area contributed by atoms with Crippen LogP contribution in [0.1, 0.15) is 17.0 Å². The number of benzene rings is 2. The van der Waals surface area contributed by atoms with Gasteiger partial charge >= 0.3 is 0 Å². The van der Waals surface area contributed by atoms with E-state index < -0.39 is 10.0 Å². The molecule has 0 radical (unpaired) electrons. The molecule has 0 unspecified atom stereocenters. The standard InChI is InChI=1S/C20H23FN2O3S/c1-27(25,26)22-13-20(14-22)19(16-5-3-2-4-6-16)18(12-24)23(20)11-15-7-9-17(21)10-8-15/h2-10,18-19,24H,11-14H2,1H3/t18-,19-/m0/s1. The number of hydrogen-bond acceptors (Lipinski definition) is 4. The van der Waals surface area contributed by atoms with Crippen molar-refractivity contribution in [1.29, 1.82) is 0 Å². The molecule has 0 aliphatic carbocycles. The molecule has 2 aromatic rings. The Morgan fingerprint density at radius 1 is 1.11 bits per heavy atom. The fraction of sp³-hybridized carbons (Fsp3) is 0.400. The van der Waals surface area contributed by atoms with Crippen molar-refractivity contribution in [2.45, 2.75) is 24.0 Å². The molecule has 0 bridgehead atoms. The molecule has 5 nitrogen and oxygen atoms in total. The van der Waals surface area contributed by atoms with Crippen LogP contribution in [0.25, 0.3) is 0 Å². The van der Waals surface area contributed by atoms with E-state index in [-0.39, 0.29) is 29.9 Å². The summed E-state index contributed by atoms with van der Waals surface area (Å²) in [5, 5.41) is 10.1. The summed E-state index contributed by atoms with van der Waals surface area (Å²) < 4.78 is 38.6. The van der Waals surface area contributed by atoms with Gasteiger partial charge in [0.25, 0.3) is 0 Å². The zero-order valence-corrected chi connectivity index (χ0v) is 15.9. The summed E-state index contributed by atoms with van der Waals surface area (Å²) >= 11 is 0. The fourth-order valence-corrected chi connectivity index (χ4v) is 5.52. The Morgan fingerprint density at radius 3 is 2.30 bits per heavy atom. The van der Waals surface area contributed by atoms with Crippen LogP contribution in [0.2, 0.25) is 0 Å². The quantitative estimate of drug-likeness (QED) is 0.846. The summed E-state index contributed by atoms with van der Waals surface area (Å²) in [5.74, 6) is -0.230. The van der Waals surface area contributed by atoms with Crippen LogP contribution in [0.15, 0.2) is 54.6 Å². The van der Waals surface area contributed by atoms with Crippen LogP contribution in [0.3, 0.4) is 0 Å². The maximum absolute atomic E-state index is 13.2. The number of likely N-dealkylation sites (tertiary alicyclic amines) is 1. The molecular formula is C20H23FN2O3S. The lowest BCUT2D eigenvalue weighted by atomic mass is 9.61. The number of sulfonamides is 1. The van der Waals surface area contributed by atoms with E-state index in [0.29, 0.717) is 19.6 Å². The molecule has 0 aromatic heterocycles. The first-order valence-corrected chi connectivity index (χ1v) is 10.8. The Morgan fingerprint density at radius 2 is 1.74 bits per heavy atom. The monoisotopic (exact) mass is 390 g/mol. The summed E-state index contributed by atoms with van der Waals surface area (Å²) in [6, 6.07) is 16.2. The van der Waals surface area contributed by atoms with Crippen LogP contribution in [0.5, 0.6) is 0 Å². The third-order valence-electron chi connectivity index (χ3n) is 5.92. The third-order valence-corrected chi connectivity index (χ3v) is 7.11. The predicted octanol–water partition coefficient (Wildman–Crippen LogP) is 1.80. The molecule has 0 amide bonds. The van der Waals surface area contributed by atoms with E-state index in [1.807, 2.05) is 30.3 Å². The van der Waals surface area contributed by atoms with Crippen LogP contribution in [-0.4, -0.2) is 60.3 Å². The van der Waals surface area contributed by atoms with Gasteiger partial charge in [-0.2, -0.15) is 4.31 Å². The highest BCUT2D eigenvalue weighted by atomic mass is 32.2. The van der Waals surface area contributed by atoms with Gasteiger partial charge < -0.3 is 5.11 Å². The van der Waals surface area contributed by atoms with Crippen molar-refractivity contribution < 1.29 is 17.9 Å². The molecule has 2 heterocycles. The second-order valence-corrected chi connectivity index (χ2v) is 9.51. The van der Waals surface area contributed by atoms with Crippen molar-refractivity contribution in [2.24, 2.45) is 0 Å². The number of aliphatic hydroxyl groups is 1. The van der Waals surface area contributed by atoms with Gasteiger partial charge in [0.1, 0.15) is 5.82 Å². The highest BCUT2D eigenvalue weighted by molar-refractivity contribution is 7.88. The van der Waals surface area contributed by atoms with Crippen LogP contribution >= 0.6 is 0 Å². The number of aliphatic hydroxyl groups excluding tert-OH is 1. The van der Waals surface area contributed by atoms with Gasteiger partial charge in [0.2, 0.25) is 10.0 Å². The van der Waals surface area contributed by atoms with Crippen LogP contribution in [0, 0.1) is 5.82 Å². The average molecular weight is 390 g/mol. The lowest BCUT2D eigenvalue weighted by molar-refractivity contribution is -0.175. The van der Waals surface area contributed by atoms with E-state index in [2.05, 4.69) is 4.90 Å². The zero-order chi connectivity index (χ0) is 19.2. The largest absolute Gasteiger partial charge is 0.395 e. The van der Waals surface area contributed by atoms with Crippen LogP contribution < -0.4 is 0 Å². The molecule has 0 saturated carbocycles. The SMILES string of the molecule is CS(=O)(=O)N1CC2(C1)[C@@H](c1ccccc1)[C@H](CO)N2Cc1ccc(F)cc1. The van der Waals surface area contributed by atoms with Gasteiger partial charge in [-0.1, -0.05) is 42.5 Å². The maximum atomic E-state index is 13.2. The van der Waals surface area contributed by atoms with Crippen molar-refractivity contribution in [2.75, 3.05) is 26.0 Å². The normalized spacial score (nSPS) is 25.1. The molecule has 2 aliphatic heterocycles. The highest BCUT2D eigenvalue weighted by Gasteiger charge is 2.66. The summed E-state index contributed by atoms with van der Waals surface area (Å²) in [5.41, 5.74) is 1.71. The van der Waals surface area contributed by atoms with Gasteiger partial charge in [0, 0.05) is 31.6 Å². The summed E-state index contributed by atoms with van der Waals surface area (Å²) in [4.78, 5) is 2.18. The Hall–Kier alpha value is -1.80. The molecule has 7 heteroatoms. The number of halogens is 1. The van der Waals surface area contributed by atoms with Crippen molar-refractivity contribution in [3.8, 4) is 0 Å². The molecule has 27 heavy (non-hydrogen) atoms. The van der Waals surface area contributed by atoms with Crippen molar-refractivity contribution in [1.82, 2.24) is 9.21 Å². The minimum atomic E-state index is -3.25. The first-order chi connectivity index (χ1) is 12.8. The zero-order valence-electron chi connectivity index (χ0n) is 15.1. The Balaban J connectivity index is 1.66. The lowest BCUT2D eigenvalue weighted by Crippen LogP contribution is -2.84. The number of hydrogen-bond donors (Lipinski definition) is 1. The molecule has 2 saturated heterocycles. The average Bonchev–Trinajstić information content (AvgIpc) is 2.58. The number of rotatable bonds is 5. The molecule has 2 atom stereocenters. The van der Waals surface area contributed by atoms with Gasteiger partial charge in [-0.05, 0) is 23.3 Å². The lowest BCUT2D eigenvalue weighted by Gasteiger charge is -2.70. The first kappa shape index (κ1) is 18.6. The predicted molar refractivity (Wildman–Crippen MR) is 101 cm³/mol. The van der Waals surface area contributed by atoms with Gasteiger partial charge in [-0.3, -0.25) is 4.90 Å². The topological polar surface area (TPSA) is 60.9 Å². The molecular weight excluding hydrogens is 367 g/mol.